The van der Waals surface area contributed by atoms with Gasteiger partial charge in [0.1, 0.15) is 23.4 Å². The highest BCUT2D eigenvalue weighted by molar-refractivity contribution is 6.12. The molecule has 8 nitrogen and oxygen atoms in total. The molecule has 6 N–H and O–H groups in total. The molecule has 0 unspecified atom stereocenters. The first-order chi connectivity index (χ1) is 17.4. The van der Waals surface area contributed by atoms with E-state index in [1.807, 2.05) is 0 Å². The van der Waals surface area contributed by atoms with Gasteiger partial charge in [-0.15, -0.1) is 0 Å². The Labute approximate surface area is 212 Å². The topological polar surface area (TPSA) is 122 Å². The number of aromatic hydroxyl groups is 1. The summed E-state index contributed by atoms with van der Waals surface area (Å²) < 4.78 is 6.32. The first-order valence-electron chi connectivity index (χ1n) is 12.9. The lowest BCUT2D eigenvalue weighted by Crippen LogP contribution is -2.66. The minimum Gasteiger partial charge on any atom is -0.507 e. The second-order valence-electron chi connectivity index (χ2n) is 10.1. The van der Waals surface area contributed by atoms with E-state index in [0.717, 1.165) is 57.6 Å². The Balaban J connectivity index is 1.35. The number of hydrogen-bond donors (Lipinski definition) is 5. The van der Waals surface area contributed by atoms with E-state index in [0.29, 0.717) is 17.8 Å². The van der Waals surface area contributed by atoms with Crippen LogP contribution in [0.3, 0.4) is 0 Å². The zero-order valence-electron chi connectivity index (χ0n) is 20.7. The van der Waals surface area contributed by atoms with Gasteiger partial charge >= 0.3 is 0 Å². The maximum Gasteiger partial charge on any atom is 0.139 e. The number of hydrogen-bond acceptors (Lipinski definition) is 7. The van der Waals surface area contributed by atoms with Gasteiger partial charge in [-0.1, -0.05) is 18.2 Å². The Bertz CT molecular complexity index is 1150. The molecule has 3 aliphatic rings. The molecular formula is C28H36N6O2. The Morgan fingerprint density at radius 1 is 1.08 bits per heavy atom. The minimum absolute atomic E-state index is 0.0305. The predicted molar refractivity (Wildman–Crippen MR) is 143 cm³/mol. The van der Waals surface area contributed by atoms with Crippen LogP contribution in [0.15, 0.2) is 60.3 Å². The number of nitrogens with one attached hydrogen (secondary N) is 3. The van der Waals surface area contributed by atoms with Crippen LogP contribution in [0.5, 0.6) is 11.5 Å². The number of allylic oxidation sites excluding steroid dienone is 1. The molecular weight excluding hydrogens is 452 g/mol. The van der Waals surface area contributed by atoms with Crippen LogP contribution < -0.4 is 20.7 Å². The van der Waals surface area contributed by atoms with Gasteiger partial charge in [0, 0.05) is 37.0 Å². The van der Waals surface area contributed by atoms with Crippen molar-refractivity contribution in [2.45, 2.75) is 43.7 Å². The van der Waals surface area contributed by atoms with Crippen molar-refractivity contribution in [1.29, 1.82) is 10.8 Å². The zero-order chi connectivity index (χ0) is 25.1. The van der Waals surface area contributed by atoms with Crippen LogP contribution in [-0.2, 0) is 0 Å². The Morgan fingerprint density at radius 3 is 2.56 bits per heavy atom. The number of piperazine rings is 1. The third kappa shape index (κ3) is 4.91. The molecule has 0 radical (unpaired) electrons. The number of phenolic OH excluding ortho intramolecular Hbond substituents is 1. The highest BCUT2D eigenvalue weighted by atomic mass is 16.5. The normalized spacial score (nSPS) is 20.2. The minimum atomic E-state index is -0.0598. The first-order valence-corrected chi connectivity index (χ1v) is 12.9. The quantitative estimate of drug-likeness (QED) is 0.301. The molecule has 2 aliphatic heterocycles. The summed E-state index contributed by atoms with van der Waals surface area (Å²) in [6.07, 6.45) is 7.26. The summed E-state index contributed by atoms with van der Waals surface area (Å²) in [5.74, 6) is 0.917. The monoisotopic (exact) mass is 488 g/mol. The van der Waals surface area contributed by atoms with Gasteiger partial charge in [-0.05, 0) is 75.5 Å². The molecule has 5 rings (SSSR count). The third-order valence-corrected chi connectivity index (χ3v) is 7.75. The van der Waals surface area contributed by atoms with Crippen molar-refractivity contribution in [2.75, 3.05) is 37.6 Å². The number of nitrogens with two attached hydrogens (primary N) is 1. The SMILES string of the molecule is N=C(N)/C(=C\C(=N)c1ccccc1O)N1CCN(c2cccc(OC3CCNCC3)c2)C2(CCC2)C1. The van der Waals surface area contributed by atoms with E-state index in [2.05, 4.69) is 39.4 Å². The fraction of sp³-hybridized carbons (Fsp3) is 0.429. The second kappa shape index (κ2) is 10.2. The number of ether oxygens (including phenoxy) is 1. The summed E-state index contributed by atoms with van der Waals surface area (Å²) in [5.41, 5.74) is 8.27. The van der Waals surface area contributed by atoms with E-state index in [-0.39, 0.29) is 28.9 Å². The lowest BCUT2D eigenvalue weighted by atomic mass is 9.73. The lowest BCUT2D eigenvalue weighted by Gasteiger charge is -2.57. The largest absolute Gasteiger partial charge is 0.507 e. The molecule has 3 fully saturated rings. The van der Waals surface area contributed by atoms with Gasteiger partial charge in [-0.2, -0.15) is 0 Å². The van der Waals surface area contributed by atoms with Gasteiger partial charge in [0.2, 0.25) is 0 Å². The van der Waals surface area contributed by atoms with Crippen molar-refractivity contribution < 1.29 is 9.84 Å². The van der Waals surface area contributed by atoms with E-state index in [4.69, 9.17) is 21.3 Å². The summed E-state index contributed by atoms with van der Waals surface area (Å²) in [5, 5.41) is 30.3. The fourth-order valence-corrected chi connectivity index (χ4v) is 5.68. The van der Waals surface area contributed by atoms with Gasteiger partial charge in [-0.3, -0.25) is 5.41 Å². The molecule has 2 heterocycles. The number of piperidine rings is 1. The summed E-state index contributed by atoms with van der Waals surface area (Å²) in [6, 6.07) is 15.3. The van der Waals surface area contributed by atoms with Crippen LogP contribution in [0.25, 0.3) is 0 Å². The molecule has 1 aliphatic carbocycles. The average Bonchev–Trinajstić information content (AvgIpc) is 2.86. The van der Waals surface area contributed by atoms with Gasteiger partial charge in [-0.25, -0.2) is 0 Å². The maximum atomic E-state index is 10.2. The standard InChI is InChI=1S/C28H36N6O2/c29-24(23-7-1-2-8-26(23)35)18-25(27(30)31)33-15-16-34(28(19-33)11-4-12-28)20-5-3-6-22(17-20)36-21-9-13-32-14-10-21/h1-3,5-8,17-18,21,29,32,35H,4,9-16,19H2,(H3,30,31)/b25-18+,29-24?. The van der Waals surface area contributed by atoms with E-state index >= 15 is 0 Å². The number of anilines is 1. The molecule has 0 amide bonds. The molecule has 1 spiro atoms. The first kappa shape index (κ1) is 24.2. The molecule has 2 saturated heterocycles. The summed E-state index contributed by atoms with van der Waals surface area (Å²) in [7, 11) is 0. The van der Waals surface area contributed by atoms with Crippen LogP contribution in [0.2, 0.25) is 0 Å². The van der Waals surface area contributed by atoms with E-state index < -0.39 is 0 Å². The average molecular weight is 489 g/mol. The summed E-state index contributed by atoms with van der Waals surface area (Å²) >= 11 is 0. The smallest absolute Gasteiger partial charge is 0.139 e. The van der Waals surface area contributed by atoms with E-state index in [1.54, 1.807) is 30.3 Å². The van der Waals surface area contributed by atoms with Crippen LogP contribution in [0, 0.1) is 10.8 Å². The molecule has 2 aromatic carbocycles. The van der Waals surface area contributed by atoms with Crippen molar-refractivity contribution in [1.82, 2.24) is 10.2 Å². The number of amidine groups is 1. The number of rotatable bonds is 7. The van der Waals surface area contributed by atoms with Gasteiger partial charge in [0.15, 0.2) is 0 Å². The Hall–Kier alpha value is -3.52. The maximum absolute atomic E-state index is 10.2. The van der Waals surface area contributed by atoms with Gasteiger partial charge < -0.3 is 36.1 Å². The van der Waals surface area contributed by atoms with Crippen LogP contribution in [0.4, 0.5) is 5.69 Å². The van der Waals surface area contributed by atoms with Crippen LogP contribution in [-0.4, -0.2) is 65.9 Å². The fourth-order valence-electron chi connectivity index (χ4n) is 5.68. The van der Waals surface area contributed by atoms with Crippen molar-refractivity contribution in [3.63, 3.8) is 0 Å². The molecule has 1 saturated carbocycles. The van der Waals surface area contributed by atoms with E-state index in [1.165, 1.54) is 12.1 Å². The van der Waals surface area contributed by atoms with Crippen LogP contribution >= 0.6 is 0 Å². The number of benzene rings is 2. The summed E-state index contributed by atoms with van der Waals surface area (Å²) in [4.78, 5) is 4.65. The Kier molecular flexibility index (Phi) is 6.87. The molecule has 8 heteroatoms. The van der Waals surface area contributed by atoms with Crippen molar-refractivity contribution in [3.8, 4) is 11.5 Å². The Morgan fingerprint density at radius 2 is 1.86 bits per heavy atom. The molecule has 0 atom stereocenters. The van der Waals surface area contributed by atoms with Crippen molar-refractivity contribution in [2.24, 2.45) is 5.73 Å². The summed E-state index contributed by atoms with van der Waals surface area (Å²) in [6.45, 7) is 4.24. The van der Waals surface area contributed by atoms with Crippen LogP contribution in [0.1, 0.15) is 37.7 Å². The zero-order valence-corrected chi connectivity index (χ0v) is 20.7. The second-order valence-corrected chi connectivity index (χ2v) is 10.1. The van der Waals surface area contributed by atoms with Crippen molar-refractivity contribution >= 4 is 17.2 Å². The molecule has 190 valence electrons. The highest BCUT2D eigenvalue weighted by Gasteiger charge is 2.47. The lowest BCUT2D eigenvalue weighted by molar-refractivity contribution is 0.129. The number of nitrogens with zero attached hydrogens (tertiary/aromatic N) is 2. The third-order valence-electron chi connectivity index (χ3n) is 7.75. The van der Waals surface area contributed by atoms with E-state index in [9.17, 15) is 5.11 Å². The predicted octanol–water partition coefficient (Wildman–Crippen LogP) is 3.46. The molecule has 2 aromatic rings. The highest BCUT2D eigenvalue weighted by Crippen LogP contribution is 2.44. The number of para-hydroxylation sites is 1. The molecule has 0 bridgehead atoms. The van der Waals surface area contributed by atoms with Gasteiger partial charge in [0.05, 0.1) is 16.9 Å². The molecule has 0 aromatic heterocycles. The van der Waals surface area contributed by atoms with Gasteiger partial charge in [0.25, 0.3) is 0 Å². The van der Waals surface area contributed by atoms with Crippen molar-refractivity contribution in [3.05, 3.63) is 65.9 Å². The molecule has 36 heavy (non-hydrogen) atoms. The number of phenols is 1.